The minimum Gasteiger partial charge on any atom is -0.478 e. The van der Waals surface area contributed by atoms with E-state index < -0.39 is 18.2 Å². The van der Waals surface area contributed by atoms with Crippen molar-refractivity contribution in [2.75, 3.05) is 0 Å². The molecule has 0 aliphatic carbocycles. The quantitative estimate of drug-likeness (QED) is 0.236. The Labute approximate surface area is 131 Å². The zero-order valence-corrected chi connectivity index (χ0v) is 13.3. The van der Waals surface area contributed by atoms with Crippen molar-refractivity contribution in [1.82, 2.24) is 0 Å². The van der Waals surface area contributed by atoms with Crippen LogP contribution in [-0.4, -0.2) is 38.7 Å². The summed E-state index contributed by atoms with van der Waals surface area (Å²) < 4.78 is 0. The molecule has 0 bridgehead atoms. The smallest absolute Gasteiger partial charge is 0.332 e. The van der Waals surface area contributed by atoms with Crippen molar-refractivity contribution in [3.05, 3.63) is 11.1 Å². The Hall–Kier alpha value is -1.40. The lowest BCUT2D eigenvalue weighted by Crippen LogP contribution is -2.12. The first-order chi connectivity index (χ1) is 10.4. The van der Waals surface area contributed by atoms with E-state index in [9.17, 15) is 19.8 Å². The van der Waals surface area contributed by atoms with Crippen LogP contribution in [0.5, 0.6) is 0 Å². The molecule has 0 heterocycles. The first-order valence-corrected chi connectivity index (χ1v) is 7.94. The van der Waals surface area contributed by atoms with Gasteiger partial charge in [0.15, 0.2) is 6.29 Å². The average Bonchev–Trinajstić information content (AvgIpc) is 2.43. The molecule has 0 spiro atoms. The molecule has 0 aliphatic heterocycles. The van der Waals surface area contributed by atoms with Crippen LogP contribution in [0.2, 0.25) is 0 Å². The third-order valence-electron chi connectivity index (χ3n) is 3.55. The van der Waals surface area contributed by atoms with Crippen LogP contribution in [0.1, 0.15) is 71.1 Å². The maximum Gasteiger partial charge on any atom is 0.332 e. The van der Waals surface area contributed by atoms with Gasteiger partial charge < -0.3 is 20.4 Å². The van der Waals surface area contributed by atoms with Gasteiger partial charge in [0.2, 0.25) is 0 Å². The van der Waals surface area contributed by atoms with Crippen molar-refractivity contribution in [2.24, 2.45) is 0 Å². The SMILES string of the molecule is CCCCCC/C(C(=O)O)=C(/CCCCCC(O)O)C(=O)O. The molecule has 128 valence electrons. The largest absolute Gasteiger partial charge is 0.478 e. The molecule has 22 heavy (non-hydrogen) atoms. The molecule has 0 saturated heterocycles. The average molecular weight is 316 g/mol. The molecule has 6 heteroatoms. The minimum absolute atomic E-state index is 0.00537. The lowest BCUT2D eigenvalue weighted by atomic mass is 9.96. The zero-order chi connectivity index (χ0) is 17.0. The number of aliphatic hydroxyl groups excluding tert-OH is 1. The predicted octanol–water partition coefficient (Wildman–Crippen LogP) is 2.68. The molecule has 0 fully saturated rings. The van der Waals surface area contributed by atoms with Gasteiger partial charge in [-0.05, 0) is 38.5 Å². The molecule has 0 aliphatic rings. The van der Waals surface area contributed by atoms with Gasteiger partial charge in [-0.25, -0.2) is 9.59 Å². The molecule has 0 unspecified atom stereocenters. The van der Waals surface area contributed by atoms with E-state index >= 15 is 0 Å². The van der Waals surface area contributed by atoms with E-state index in [1.165, 1.54) is 0 Å². The van der Waals surface area contributed by atoms with Crippen molar-refractivity contribution >= 4 is 11.9 Å². The summed E-state index contributed by atoms with van der Waals surface area (Å²) >= 11 is 0. The molecule has 0 aromatic carbocycles. The first kappa shape index (κ1) is 20.6. The molecule has 0 aromatic heterocycles. The molecule has 0 saturated carbocycles. The Bertz CT molecular complexity index is 373. The molecule has 0 aromatic rings. The molecular formula is C16H28O6. The predicted molar refractivity (Wildman–Crippen MR) is 82.4 cm³/mol. The van der Waals surface area contributed by atoms with Gasteiger partial charge in [0.25, 0.3) is 0 Å². The lowest BCUT2D eigenvalue weighted by molar-refractivity contribution is -0.136. The van der Waals surface area contributed by atoms with Crippen LogP contribution in [-0.2, 0) is 9.59 Å². The van der Waals surface area contributed by atoms with E-state index in [4.69, 9.17) is 10.2 Å². The summed E-state index contributed by atoms with van der Waals surface area (Å²) in [4.78, 5) is 22.6. The van der Waals surface area contributed by atoms with Crippen LogP contribution in [0.3, 0.4) is 0 Å². The highest BCUT2D eigenvalue weighted by Gasteiger charge is 2.19. The van der Waals surface area contributed by atoms with Gasteiger partial charge in [0.05, 0.1) is 0 Å². The maximum absolute atomic E-state index is 11.3. The summed E-state index contributed by atoms with van der Waals surface area (Å²) in [5.74, 6) is -2.32. The van der Waals surface area contributed by atoms with Crippen molar-refractivity contribution in [2.45, 2.75) is 77.4 Å². The van der Waals surface area contributed by atoms with Gasteiger partial charge in [-0.1, -0.05) is 32.6 Å². The highest BCUT2D eigenvalue weighted by atomic mass is 16.5. The maximum atomic E-state index is 11.3. The fourth-order valence-corrected chi connectivity index (χ4v) is 2.31. The fraction of sp³-hybridized carbons (Fsp3) is 0.750. The summed E-state index contributed by atoms with van der Waals surface area (Å²) in [7, 11) is 0. The normalized spacial score (nSPS) is 12.4. The van der Waals surface area contributed by atoms with Crippen LogP contribution in [0.25, 0.3) is 0 Å². The first-order valence-electron chi connectivity index (χ1n) is 7.94. The minimum atomic E-state index is -1.34. The monoisotopic (exact) mass is 316 g/mol. The summed E-state index contributed by atoms with van der Waals surface area (Å²) in [5.41, 5.74) is -0.0145. The molecule has 4 N–H and O–H groups in total. The molecule has 0 rings (SSSR count). The second-order valence-corrected chi connectivity index (χ2v) is 5.46. The fourth-order valence-electron chi connectivity index (χ4n) is 2.31. The summed E-state index contributed by atoms with van der Waals surface area (Å²) in [6.07, 6.45) is 4.75. The number of hydrogen-bond donors (Lipinski definition) is 4. The number of carbonyl (C=O) groups is 2. The van der Waals surface area contributed by atoms with Gasteiger partial charge in [-0.2, -0.15) is 0 Å². The van der Waals surface area contributed by atoms with E-state index in [1.807, 2.05) is 0 Å². The highest BCUT2D eigenvalue weighted by Crippen LogP contribution is 2.20. The van der Waals surface area contributed by atoms with E-state index in [-0.39, 0.29) is 30.4 Å². The molecule has 0 atom stereocenters. The summed E-state index contributed by atoms with van der Waals surface area (Å²) in [5, 5.41) is 35.9. The van der Waals surface area contributed by atoms with E-state index in [0.29, 0.717) is 25.7 Å². The summed E-state index contributed by atoms with van der Waals surface area (Å²) in [6.45, 7) is 2.06. The van der Waals surface area contributed by atoms with Crippen LogP contribution >= 0.6 is 0 Å². The third kappa shape index (κ3) is 9.52. The molecule has 0 radical (unpaired) electrons. The highest BCUT2D eigenvalue weighted by molar-refractivity contribution is 5.98. The van der Waals surface area contributed by atoms with Gasteiger partial charge in [-0.3, -0.25) is 0 Å². The van der Waals surface area contributed by atoms with Gasteiger partial charge in [0.1, 0.15) is 0 Å². The van der Waals surface area contributed by atoms with Crippen LogP contribution < -0.4 is 0 Å². The zero-order valence-electron chi connectivity index (χ0n) is 13.3. The number of hydrogen-bond acceptors (Lipinski definition) is 4. The standard InChI is InChI=1S/C16H28O6/c1-2-3-4-6-9-12(15(19)20)13(16(21)22)10-7-5-8-11-14(17)18/h14,17-18H,2-11H2,1H3,(H,19,20)(H,21,22)/b13-12+. The van der Waals surface area contributed by atoms with Crippen LogP contribution in [0, 0.1) is 0 Å². The Kier molecular flexibility index (Phi) is 11.4. The number of carboxylic acids is 2. The number of unbranched alkanes of at least 4 members (excludes halogenated alkanes) is 5. The van der Waals surface area contributed by atoms with Gasteiger partial charge in [-0.15, -0.1) is 0 Å². The van der Waals surface area contributed by atoms with Gasteiger partial charge >= 0.3 is 11.9 Å². The van der Waals surface area contributed by atoms with E-state index in [0.717, 1.165) is 19.3 Å². The van der Waals surface area contributed by atoms with Crippen molar-refractivity contribution in [3.63, 3.8) is 0 Å². The van der Waals surface area contributed by atoms with Crippen molar-refractivity contribution < 1.29 is 30.0 Å². The Morgan fingerprint density at radius 1 is 0.773 bits per heavy atom. The number of carboxylic acid groups (broad SMARTS) is 2. The van der Waals surface area contributed by atoms with E-state index in [2.05, 4.69) is 6.92 Å². The Morgan fingerprint density at radius 3 is 1.59 bits per heavy atom. The second-order valence-electron chi connectivity index (χ2n) is 5.46. The van der Waals surface area contributed by atoms with Crippen molar-refractivity contribution in [3.8, 4) is 0 Å². The van der Waals surface area contributed by atoms with Crippen molar-refractivity contribution in [1.29, 1.82) is 0 Å². The third-order valence-corrected chi connectivity index (χ3v) is 3.55. The number of aliphatic carboxylic acids is 2. The molecule has 0 amide bonds. The van der Waals surface area contributed by atoms with Gasteiger partial charge in [0, 0.05) is 11.1 Å². The molecular weight excluding hydrogens is 288 g/mol. The number of aliphatic hydroxyl groups is 2. The Morgan fingerprint density at radius 2 is 1.23 bits per heavy atom. The van der Waals surface area contributed by atoms with Crippen LogP contribution in [0.4, 0.5) is 0 Å². The number of rotatable bonds is 13. The van der Waals surface area contributed by atoms with Crippen LogP contribution in [0.15, 0.2) is 11.1 Å². The second kappa shape index (κ2) is 12.2. The Balaban J connectivity index is 4.58. The summed E-state index contributed by atoms with van der Waals surface area (Å²) in [6, 6.07) is 0. The molecule has 6 nitrogen and oxygen atoms in total. The lowest BCUT2D eigenvalue weighted by Gasteiger charge is -2.09. The topological polar surface area (TPSA) is 115 Å². The van der Waals surface area contributed by atoms with E-state index in [1.54, 1.807) is 0 Å².